The Labute approximate surface area is 186 Å². The Morgan fingerprint density at radius 3 is 2.66 bits per heavy atom. The molecule has 3 aromatic carbocycles. The Hall–Kier alpha value is -3.65. The number of thiazole rings is 1. The summed E-state index contributed by atoms with van der Waals surface area (Å²) in [6, 6.07) is 16.8. The van der Waals surface area contributed by atoms with Crippen molar-refractivity contribution in [2.45, 2.75) is 19.4 Å². The fraction of sp³-hybridized carbons (Fsp3) is 0.125. The minimum absolute atomic E-state index is 0.0382. The van der Waals surface area contributed by atoms with Gasteiger partial charge in [-0.3, -0.25) is 14.9 Å². The first kappa shape index (κ1) is 21.6. The molecule has 0 fully saturated rings. The van der Waals surface area contributed by atoms with Gasteiger partial charge < -0.3 is 4.74 Å². The molecule has 4 aromatic rings. The summed E-state index contributed by atoms with van der Waals surface area (Å²) in [7, 11) is 0. The van der Waals surface area contributed by atoms with E-state index in [2.05, 4.69) is 10.3 Å². The van der Waals surface area contributed by atoms with Crippen molar-refractivity contribution in [3.63, 3.8) is 0 Å². The van der Waals surface area contributed by atoms with Crippen molar-refractivity contribution in [1.82, 2.24) is 4.98 Å². The van der Waals surface area contributed by atoms with E-state index < -0.39 is 29.6 Å². The Morgan fingerprint density at radius 2 is 1.84 bits per heavy atom. The lowest BCUT2D eigenvalue weighted by atomic mass is 10.0. The van der Waals surface area contributed by atoms with Crippen LogP contribution in [0.4, 0.5) is 13.9 Å². The molecular formula is C24H18F2N2O3S. The van der Waals surface area contributed by atoms with Gasteiger partial charge in [0, 0.05) is 10.9 Å². The average molecular weight is 452 g/mol. The zero-order chi connectivity index (χ0) is 22.7. The summed E-state index contributed by atoms with van der Waals surface area (Å²) in [5, 5.41) is 6.42. The molecule has 1 aromatic heterocycles. The largest absolute Gasteiger partial charge is 0.452 e. The quantitative estimate of drug-likeness (QED) is 0.400. The lowest BCUT2D eigenvalue weighted by Gasteiger charge is -2.13. The molecule has 4 rings (SSSR count). The molecule has 162 valence electrons. The van der Waals surface area contributed by atoms with Crippen LogP contribution in [-0.4, -0.2) is 23.0 Å². The Morgan fingerprint density at radius 1 is 1.06 bits per heavy atom. The van der Waals surface area contributed by atoms with E-state index in [1.54, 1.807) is 5.38 Å². The van der Waals surface area contributed by atoms with Crippen LogP contribution in [0.3, 0.4) is 0 Å². The fourth-order valence-electron chi connectivity index (χ4n) is 3.22. The molecule has 1 N–H and O–H groups in total. The summed E-state index contributed by atoms with van der Waals surface area (Å²) in [6.45, 7) is 1.47. The number of esters is 1. The first-order valence-corrected chi connectivity index (χ1v) is 10.7. The van der Waals surface area contributed by atoms with E-state index in [1.165, 1.54) is 13.0 Å². The number of halogens is 2. The van der Waals surface area contributed by atoms with Gasteiger partial charge in [-0.05, 0) is 41.5 Å². The van der Waals surface area contributed by atoms with E-state index in [0.717, 1.165) is 39.8 Å². The summed E-state index contributed by atoms with van der Waals surface area (Å²) in [4.78, 5) is 29.0. The molecule has 0 aliphatic rings. The molecule has 8 heteroatoms. The van der Waals surface area contributed by atoms with Crippen LogP contribution in [-0.2, 0) is 20.7 Å². The number of carbonyl (C=O) groups excluding carboxylic acids is 2. The van der Waals surface area contributed by atoms with Crippen molar-refractivity contribution in [2.75, 3.05) is 5.32 Å². The van der Waals surface area contributed by atoms with Crippen LogP contribution in [0.5, 0.6) is 0 Å². The number of amides is 1. The summed E-state index contributed by atoms with van der Waals surface area (Å²) in [6.07, 6.45) is -0.996. The highest BCUT2D eigenvalue weighted by Crippen LogP contribution is 2.26. The number of ether oxygens (including phenoxy) is 1. The Balaban J connectivity index is 1.37. The predicted octanol–water partition coefficient (Wildman–Crippen LogP) is 5.35. The summed E-state index contributed by atoms with van der Waals surface area (Å²) < 4.78 is 31.8. The third-order valence-electron chi connectivity index (χ3n) is 4.84. The second-order valence-electron chi connectivity index (χ2n) is 7.10. The first-order valence-electron chi connectivity index (χ1n) is 9.78. The maximum absolute atomic E-state index is 13.4. The van der Waals surface area contributed by atoms with E-state index >= 15 is 0 Å². The lowest BCUT2D eigenvalue weighted by molar-refractivity contribution is -0.152. The number of carbonyl (C=O) groups is 2. The van der Waals surface area contributed by atoms with Gasteiger partial charge in [0.05, 0.1) is 12.1 Å². The van der Waals surface area contributed by atoms with Gasteiger partial charge in [0.15, 0.2) is 22.9 Å². The topological polar surface area (TPSA) is 68.3 Å². The SMILES string of the molecule is C[C@@H](OC(=O)Cc1cccc2ccccc12)C(=O)Nc1nc(-c2ccc(F)c(F)c2)cs1. The molecule has 32 heavy (non-hydrogen) atoms. The van der Waals surface area contributed by atoms with E-state index in [1.807, 2.05) is 42.5 Å². The van der Waals surface area contributed by atoms with Crippen molar-refractivity contribution in [2.24, 2.45) is 0 Å². The zero-order valence-corrected chi connectivity index (χ0v) is 17.8. The number of fused-ring (bicyclic) bond motifs is 1. The van der Waals surface area contributed by atoms with Gasteiger partial charge in [-0.2, -0.15) is 0 Å². The van der Waals surface area contributed by atoms with Crippen molar-refractivity contribution < 1.29 is 23.1 Å². The Kier molecular flexibility index (Phi) is 6.23. The molecule has 0 unspecified atom stereocenters. The highest BCUT2D eigenvalue weighted by molar-refractivity contribution is 7.14. The average Bonchev–Trinajstić information content (AvgIpc) is 3.24. The number of nitrogens with zero attached hydrogens (tertiary/aromatic N) is 1. The molecule has 1 amide bonds. The van der Waals surface area contributed by atoms with E-state index in [-0.39, 0.29) is 11.6 Å². The van der Waals surface area contributed by atoms with Crippen molar-refractivity contribution in [3.8, 4) is 11.3 Å². The van der Waals surface area contributed by atoms with Crippen LogP contribution in [0.15, 0.2) is 66.0 Å². The second kappa shape index (κ2) is 9.23. The van der Waals surface area contributed by atoms with Gasteiger partial charge in [0.25, 0.3) is 5.91 Å². The number of benzene rings is 3. The number of aromatic nitrogens is 1. The summed E-state index contributed by atoms with van der Waals surface area (Å²) >= 11 is 1.12. The third-order valence-corrected chi connectivity index (χ3v) is 5.60. The normalized spacial score (nSPS) is 11.8. The van der Waals surface area contributed by atoms with Crippen molar-refractivity contribution in [1.29, 1.82) is 0 Å². The maximum atomic E-state index is 13.4. The number of anilines is 1. The lowest BCUT2D eigenvalue weighted by Crippen LogP contribution is -2.30. The highest BCUT2D eigenvalue weighted by atomic mass is 32.1. The number of hydrogen-bond donors (Lipinski definition) is 1. The van der Waals surface area contributed by atoms with Crippen LogP contribution in [0.1, 0.15) is 12.5 Å². The van der Waals surface area contributed by atoms with Crippen LogP contribution >= 0.6 is 11.3 Å². The predicted molar refractivity (Wildman–Crippen MR) is 119 cm³/mol. The molecule has 5 nitrogen and oxygen atoms in total. The minimum atomic E-state index is -1.03. The van der Waals surface area contributed by atoms with Gasteiger partial charge in [-0.15, -0.1) is 11.3 Å². The molecule has 0 saturated carbocycles. The molecule has 0 bridgehead atoms. The van der Waals surface area contributed by atoms with Crippen molar-refractivity contribution in [3.05, 3.63) is 83.2 Å². The van der Waals surface area contributed by atoms with Gasteiger partial charge in [0.1, 0.15) is 0 Å². The van der Waals surface area contributed by atoms with Gasteiger partial charge in [-0.1, -0.05) is 42.5 Å². The smallest absolute Gasteiger partial charge is 0.311 e. The van der Waals surface area contributed by atoms with Gasteiger partial charge in [-0.25, -0.2) is 13.8 Å². The first-order chi connectivity index (χ1) is 15.4. The van der Waals surface area contributed by atoms with Crippen LogP contribution in [0.25, 0.3) is 22.0 Å². The monoisotopic (exact) mass is 452 g/mol. The molecule has 0 aliphatic heterocycles. The molecule has 0 radical (unpaired) electrons. The molecule has 1 heterocycles. The second-order valence-corrected chi connectivity index (χ2v) is 7.96. The number of hydrogen-bond acceptors (Lipinski definition) is 5. The van der Waals surface area contributed by atoms with E-state index in [9.17, 15) is 18.4 Å². The molecular weight excluding hydrogens is 434 g/mol. The number of rotatable bonds is 6. The summed E-state index contributed by atoms with van der Waals surface area (Å²) in [5.74, 6) is -2.99. The maximum Gasteiger partial charge on any atom is 0.311 e. The molecule has 0 spiro atoms. The van der Waals surface area contributed by atoms with E-state index in [0.29, 0.717) is 11.3 Å². The molecule has 0 saturated heterocycles. The van der Waals surface area contributed by atoms with Gasteiger partial charge in [0.2, 0.25) is 0 Å². The van der Waals surface area contributed by atoms with E-state index in [4.69, 9.17) is 4.74 Å². The summed E-state index contributed by atoms with van der Waals surface area (Å²) in [5.41, 5.74) is 1.59. The van der Waals surface area contributed by atoms with Crippen molar-refractivity contribution >= 4 is 39.1 Å². The van der Waals surface area contributed by atoms with Crippen LogP contribution < -0.4 is 5.32 Å². The Bertz CT molecular complexity index is 1300. The standard InChI is InChI=1S/C24H18F2N2O3S/c1-14(31-22(29)12-16-7-4-6-15-5-2-3-8-18(15)16)23(30)28-24-27-21(13-32-24)17-9-10-19(25)20(26)11-17/h2-11,13-14H,12H2,1H3,(H,27,28,30)/t14-/m1/s1. The number of nitrogens with one attached hydrogen (secondary N) is 1. The molecule has 1 atom stereocenters. The minimum Gasteiger partial charge on any atom is -0.452 e. The highest BCUT2D eigenvalue weighted by Gasteiger charge is 2.20. The van der Waals surface area contributed by atoms with Gasteiger partial charge >= 0.3 is 5.97 Å². The zero-order valence-electron chi connectivity index (χ0n) is 17.0. The van der Waals surface area contributed by atoms with Crippen LogP contribution in [0.2, 0.25) is 0 Å². The third kappa shape index (κ3) is 4.81. The van der Waals surface area contributed by atoms with Crippen LogP contribution in [0, 0.1) is 11.6 Å². The fourth-order valence-corrected chi connectivity index (χ4v) is 3.94. The molecule has 0 aliphatic carbocycles.